The van der Waals surface area contributed by atoms with Gasteiger partial charge in [0.05, 0.1) is 20.4 Å². The quantitative estimate of drug-likeness (QED) is 0.436. The molecule has 10 nitrogen and oxygen atoms in total. The fraction of sp³-hybridized carbons (Fsp3) is 0.263. The van der Waals surface area contributed by atoms with E-state index < -0.39 is 11.2 Å². The number of aryl methyl sites for hydroxylation is 1. The molecule has 0 saturated carbocycles. The molecule has 11 heteroatoms. The Labute approximate surface area is 176 Å². The maximum atomic E-state index is 12.4. The Bertz CT molecular complexity index is 1250. The van der Waals surface area contributed by atoms with Gasteiger partial charge in [-0.15, -0.1) is 0 Å². The van der Waals surface area contributed by atoms with E-state index in [9.17, 15) is 9.59 Å². The number of anilines is 1. The summed E-state index contributed by atoms with van der Waals surface area (Å²) in [6, 6.07) is 5.34. The SMILES string of the molecule is COc1ccc(/C=N/Nc2nc3c(c(=O)[nH]c(=O)n3C)n2C/C=C(\C)Cl)cc1OC. The van der Waals surface area contributed by atoms with Gasteiger partial charge in [0.1, 0.15) is 0 Å². The summed E-state index contributed by atoms with van der Waals surface area (Å²) in [5.74, 6) is 1.45. The van der Waals surface area contributed by atoms with Gasteiger partial charge in [-0.1, -0.05) is 17.7 Å². The van der Waals surface area contributed by atoms with E-state index >= 15 is 0 Å². The Morgan fingerprint density at radius 1 is 1.30 bits per heavy atom. The molecular weight excluding hydrogens is 412 g/mol. The molecule has 0 amide bonds. The molecule has 0 aliphatic rings. The molecule has 3 rings (SSSR count). The van der Waals surface area contributed by atoms with Crippen molar-refractivity contribution in [1.29, 1.82) is 0 Å². The maximum Gasteiger partial charge on any atom is 0.329 e. The first kappa shape index (κ1) is 21.2. The Hall–Kier alpha value is -3.53. The number of fused-ring (bicyclic) bond motifs is 1. The van der Waals surface area contributed by atoms with E-state index in [1.165, 1.54) is 11.6 Å². The molecule has 1 aromatic carbocycles. The minimum absolute atomic E-state index is 0.230. The third kappa shape index (κ3) is 4.23. The van der Waals surface area contributed by atoms with E-state index in [2.05, 4.69) is 20.5 Å². The second-order valence-electron chi connectivity index (χ2n) is 6.31. The number of hydrogen-bond acceptors (Lipinski definition) is 7. The highest BCUT2D eigenvalue weighted by Gasteiger charge is 2.16. The molecule has 2 heterocycles. The average Bonchev–Trinajstić information content (AvgIpc) is 3.09. The first-order valence-corrected chi connectivity index (χ1v) is 9.26. The van der Waals surface area contributed by atoms with Crippen molar-refractivity contribution in [1.82, 2.24) is 19.1 Å². The zero-order valence-electron chi connectivity index (χ0n) is 16.9. The van der Waals surface area contributed by atoms with Gasteiger partial charge < -0.3 is 9.47 Å². The molecule has 3 aromatic rings. The summed E-state index contributed by atoms with van der Waals surface area (Å²) in [5.41, 5.74) is 2.94. The largest absolute Gasteiger partial charge is 0.493 e. The van der Waals surface area contributed by atoms with Crippen molar-refractivity contribution in [3.8, 4) is 11.5 Å². The van der Waals surface area contributed by atoms with Crippen molar-refractivity contribution >= 4 is 34.9 Å². The minimum Gasteiger partial charge on any atom is -0.493 e. The van der Waals surface area contributed by atoms with Crippen LogP contribution in [-0.2, 0) is 13.6 Å². The molecule has 158 valence electrons. The third-order valence-corrected chi connectivity index (χ3v) is 4.50. The number of rotatable bonds is 7. The van der Waals surface area contributed by atoms with E-state index in [-0.39, 0.29) is 23.7 Å². The molecule has 2 N–H and O–H groups in total. The van der Waals surface area contributed by atoms with Crippen molar-refractivity contribution in [3.63, 3.8) is 0 Å². The number of nitrogens with zero attached hydrogens (tertiary/aromatic N) is 4. The lowest BCUT2D eigenvalue weighted by Crippen LogP contribution is -2.29. The van der Waals surface area contributed by atoms with Crippen LogP contribution < -0.4 is 26.1 Å². The van der Waals surface area contributed by atoms with Gasteiger partial charge in [0.15, 0.2) is 22.7 Å². The highest BCUT2D eigenvalue weighted by Crippen LogP contribution is 2.27. The monoisotopic (exact) mass is 432 g/mol. The summed E-state index contributed by atoms with van der Waals surface area (Å²) in [4.78, 5) is 30.9. The standard InChI is InChI=1S/C19H21ClN6O4/c1-11(20)7-8-26-15-16(25(2)19(28)23-17(15)27)22-18(26)24-21-10-12-5-6-13(29-3)14(9-12)30-4/h5-7,9-10H,8H2,1-4H3,(H,22,24)(H,23,27,28)/b11-7+,21-10+. The van der Waals surface area contributed by atoms with Crippen LogP contribution in [0.3, 0.4) is 0 Å². The predicted molar refractivity (Wildman–Crippen MR) is 116 cm³/mol. The number of halogens is 1. The smallest absolute Gasteiger partial charge is 0.329 e. The molecule has 0 spiro atoms. The first-order valence-electron chi connectivity index (χ1n) is 8.88. The van der Waals surface area contributed by atoms with Crippen LogP contribution in [0.1, 0.15) is 12.5 Å². The van der Waals surface area contributed by atoms with Crippen LogP contribution in [0.25, 0.3) is 11.2 Å². The zero-order valence-corrected chi connectivity index (χ0v) is 17.6. The second kappa shape index (κ2) is 8.87. The maximum absolute atomic E-state index is 12.4. The lowest BCUT2D eigenvalue weighted by atomic mass is 10.2. The number of benzene rings is 1. The Kier molecular flexibility index (Phi) is 6.26. The molecule has 0 saturated heterocycles. The Morgan fingerprint density at radius 2 is 2.03 bits per heavy atom. The molecule has 0 aliphatic carbocycles. The van der Waals surface area contributed by atoms with Gasteiger partial charge in [0.2, 0.25) is 5.95 Å². The van der Waals surface area contributed by atoms with Crippen molar-refractivity contribution in [3.05, 3.63) is 55.7 Å². The van der Waals surface area contributed by atoms with Crippen LogP contribution in [-0.4, -0.2) is 39.5 Å². The highest BCUT2D eigenvalue weighted by molar-refractivity contribution is 6.29. The Morgan fingerprint density at radius 3 is 2.70 bits per heavy atom. The number of hydrazone groups is 1. The zero-order chi connectivity index (χ0) is 21.8. The van der Waals surface area contributed by atoms with Crippen molar-refractivity contribution in [2.24, 2.45) is 12.1 Å². The van der Waals surface area contributed by atoms with E-state index in [0.29, 0.717) is 16.5 Å². The highest BCUT2D eigenvalue weighted by atomic mass is 35.5. The predicted octanol–water partition coefficient (Wildman–Crippen LogP) is 2.03. The number of imidazole rings is 1. The number of nitrogens with one attached hydrogen (secondary N) is 2. The molecular formula is C19H21ClN6O4. The van der Waals surface area contributed by atoms with Crippen LogP contribution >= 0.6 is 11.6 Å². The molecule has 0 aliphatic heterocycles. The van der Waals surface area contributed by atoms with Gasteiger partial charge in [0.25, 0.3) is 5.56 Å². The topological polar surface area (TPSA) is 116 Å². The molecule has 0 atom stereocenters. The Balaban J connectivity index is 2.00. The minimum atomic E-state index is -0.554. The molecule has 2 aromatic heterocycles. The van der Waals surface area contributed by atoms with Crippen molar-refractivity contribution < 1.29 is 9.47 Å². The van der Waals surface area contributed by atoms with Gasteiger partial charge >= 0.3 is 5.69 Å². The van der Waals surface area contributed by atoms with E-state index in [1.807, 2.05) is 6.07 Å². The second-order valence-corrected chi connectivity index (χ2v) is 6.91. The normalized spacial score (nSPS) is 12.0. The molecule has 0 radical (unpaired) electrons. The molecule has 0 unspecified atom stereocenters. The number of H-pyrrole nitrogens is 1. The summed E-state index contributed by atoms with van der Waals surface area (Å²) < 4.78 is 13.3. The van der Waals surface area contributed by atoms with Crippen LogP contribution in [0.15, 0.2) is 44.0 Å². The van der Waals surface area contributed by atoms with Crippen LogP contribution in [0, 0.1) is 0 Å². The van der Waals surface area contributed by atoms with Gasteiger partial charge in [-0.25, -0.2) is 10.2 Å². The third-order valence-electron chi connectivity index (χ3n) is 4.35. The summed E-state index contributed by atoms with van der Waals surface area (Å²) in [5, 5.41) is 4.75. The van der Waals surface area contributed by atoms with Gasteiger partial charge in [-0.3, -0.25) is 18.9 Å². The van der Waals surface area contributed by atoms with E-state index in [1.54, 1.807) is 50.1 Å². The molecule has 0 fully saturated rings. The number of aromatic amines is 1. The first-order chi connectivity index (χ1) is 14.3. The van der Waals surface area contributed by atoms with E-state index in [4.69, 9.17) is 21.1 Å². The summed E-state index contributed by atoms with van der Waals surface area (Å²) in [6.45, 7) is 1.99. The fourth-order valence-electron chi connectivity index (χ4n) is 2.81. The number of aromatic nitrogens is 4. The summed E-state index contributed by atoms with van der Waals surface area (Å²) >= 11 is 5.95. The van der Waals surface area contributed by atoms with Gasteiger partial charge in [-0.2, -0.15) is 10.1 Å². The number of hydrogen-bond donors (Lipinski definition) is 2. The summed E-state index contributed by atoms with van der Waals surface area (Å²) in [6.07, 6.45) is 3.29. The fourth-order valence-corrected chi connectivity index (χ4v) is 2.88. The molecule has 30 heavy (non-hydrogen) atoms. The summed E-state index contributed by atoms with van der Waals surface area (Å²) in [7, 11) is 4.63. The van der Waals surface area contributed by atoms with Gasteiger partial charge in [0, 0.05) is 18.6 Å². The molecule has 0 bridgehead atoms. The lowest BCUT2D eigenvalue weighted by molar-refractivity contribution is 0.355. The van der Waals surface area contributed by atoms with Crippen LogP contribution in [0.2, 0.25) is 0 Å². The van der Waals surface area contributed by atoms with E-state index in [0.717, 1.165) is 5.56 Å². The number of allylic oxidation sites excluding steroid dienone is 2. The average molecular weight is 433 g/mol. The van der Waals surface area contributed by atoms with Crippen LogP contribution in [0.4, 0.5) is 5.95 Å². The van der Waals surface area contributed by atoms with Crippen LogP contribution in [0.5, 0.6) is 11.5 Å². The van der Waals surface area contributed by atoms with Crippen molar-refractivity contribution in [2.45, 2.75) is 13.5 Å². The number of methoxy groups -OCH3 is 2. The van der Waals surface area contributed by atoms with Gasteiger partial charge in [-0.05, 0) is 30.7 Å². The van der Waals surface area contributed by atoms with Crippen molar-refractivity contribution in [2.75, 3.05) is 19.6 Å². The number of ether oxygens (including phenoxy) is 2. The lowest BCUT2D eigenvalue weighted by Gasteiger charge is -2.07.